The number of hydrogen-bond acceptors (Lipinski definition) is 3. The van der Waals surface area contributed by atoms with Gasteiger partial charge in [0.15, 0.2) is 5.76 Å². The Kier molecular flexibility index (Phi) is 5.84. The quantitative estimate of drug-likeness (QED) is 0.703. The van der Waals surface area contributed by atoms with Crippen LogP contribution in [0.4, 0.5) is 14.5 Å². The summed E-state index contributed by atoms with van der Waals surface area (Å²) in [4.78, 5) is 26.4. The van der Waals surface area contributed by atoms with Crippen molar-refractivity contribution in [1.82, 2.24) is 5.32 Å². The molecule has 0 atom stereocenters. The van der Waals surface area contributed by atoms with Crippen molar-refractivity contribution in [2.45, 2.75) is 6.42 Å². The molecule has 3 rings (SSSR count). The first kappa shape index (κ1) is 19.3. The van der Waals surface area contributed by atoms with Gasteiger partial charge in [-0.15, -0.1) is 0 Å². The van der Waals surface area contributed by atoms with Crippen molar-refractivity contribution < 1.29 is 22.8 Å². The van der Waals surface area contributed by atoms with Crippen molar-refractivity contribution in [2.75, 3.05) is 18.5 Å². The number of amides is 2. The monoisotopic (exact) mass is 384 g/mol. The first-order chi connectivity index (χ1) is 13.5. The van der Waals surface area contributed by atoms with Crippen LogP contribution in [0.1, 0.15) is 26.5 Å². The first-order valence-corrected chi connectivity index (χ1v) is 8.59. The smallest absolute Gasteiger partial charge is 0.293 e. The summed E-state index contributed by atoms with van der Waals surface area (Å²) in [6, 6.07) is 13.0. The molecule has 5 nitrogen and oxygen atoms in total. The van der Waals surface area contributed by atoms with Gasteiger partial charge in [-0.3, -0.25) is 9.59 Å². The van der Waals surface area contributed by atoms with Crippen LogP contribution in [-0.2, 0) is 6.42 Å². The predicted molar refractivity (Wildman–Crippen MR) is 100 cm³/mol. The Labute approximate surface area is 160 Å². The predicted octanol–water partition coefficient (Wildman–Crippen LogP) is 3.81. The minimum absolute atomic E-state index is 0.158. The van der Waals surface area contributed by atoms with Gasteiger partial charge in [-0.1, -0.05) is 12.1 Å². The second-order valence-corrected chi connectivity index (χ2v) is 6.14. The molecule has 0 aliphatic heterocycles. The van der Waals surface area contributed by atoms with Gasteiger partial charge < -0.3 is 14.6 Å². The lowest BCUT2D eigenvalue weighted by Crippen LogP contribution is -2.31. The SMILES string of the molecule is CN(C(=O)c1ccco1)c1ccccc1C(=O)NCCc1cc(F)cc(F)c1. The number of carbonyl (C=O) groups excluding carboxylic acids is 2. The fraction of sp³-hybridized carbons (Fsp3) is 0.143. The number of rotatable bonds is 6. The number of halogens is 2. The first-order valence-electron chi connectivity index (χ1n) is 8.59. The van der Waals surface area contributed by atoms with Gasteiger partial charge in [0, 0.05) is 19.7 Å². The van der Waals surface area contributed by atoms with Crippen LogP contribution in [0, 0.1) is 11.6 Å². The summed E-state index contributed by atoms with van der Waals surface area (Å²) in [6.45, 7) is 0.186. The average molecular weight is 384 g/mol. The van der Waals surface area contributed by atoms with Gasteiger partial charge in [0.1, 0.15) is 11.6 Å². The highest BCUT2D eigenvalue weighted by Crippen LogP contribution is 2.21. The van der Waals surface area contributed by atoms with Crippen molar-refractivity contribution in [1.29, 1.82) is 0 Å². The van der Waals surface area contributed by atoms with Crippen molar-refractivity contribution in [2.24, 2.45) is 0 Å². The van der Waals surface area contributed by atoms with E-state index in [1.54, 1.807) is 43.4 Å². The van der Waals surface area contributed by atoms with Crippen molar-refractivity contribution in [3.63, 3.8) is 0 Å². The molecular formula is C21H18F2N2O3. The van der Waals surface area contributed by atoms with Crippen LogP contribution >= 0.6 is 0 Å². The number of benzene rings is 2. The van der Waals surface area contributed by atoms with Crippen LogP contribution < -0.4 is 10.2 Å². The van der Waals surface area contributed by atoms with Gasteiger partial charge in [0.05, 0.1) is 17.5 Å². The highest BCUT2D eigenvalue weighted by atomic mass is 19.1. The minimum atomic E-state index is -0.662. The highest BCUT2D eigenvalue weighted by Gasteiger charge is 2.21. The molecule has 0 saturated heterocycles. The molecule has 0 unspecified atom stereocenters. The molecular weight excluding hydrogens is 366 g/mol. The normalized spacial score (nSPS) is 10.5. The third-order valence-electron chi connectivity index (χ3n) is 4.17. The summed E-state index contributed by atoms with van der Waals surface area (Å²) in [5.74, 6) is -1.95. The molecule has 2 amide bonds. The van der Waals surface area contributed by atoms with E-state index in [0.29, 0.717) is 16.8 Å². The van der Waals surface area contributed by atoms with Crippen LogP contribution in [0.25, 0.3) is 0 Å². The third kappa shape index (κ3) is 4.43. The minimum Gasteiger partial charge on any atom is -0.459 e. The molecule has 0 aliphatic carbocycles. The van der Waals surface area contributed by atoms with Crippen LogP contribution in [0.3, 0.4) is 0 Å². The summed E-state index contributed by atoms with van der Waals surface area (Å²) in [5, 5.41) is 2.71. The zero-order chi connectivity index (χ0) is 20.1. The van der Waals surface area contributed by atoms with Gasteiger partial charge in [-0.05, 0) is 48.4 Å². The Bertz CT molecular complexity index is 967. The molecule has 2 aromatic carbocycles. The fourth-order valence-corrected chi connectivity index (χ4v) is 2.80. The van der Waals surface area contributed by atoms with Crippen molar-refractivity contribution in [3.8, 4) is 0 Å². The number of nitrogens with zero attached hydrogens (tertiary/aromatic N) is 1. The van der Waals surface area contributed by atoms with E-state index in [1.165, 1.54) is 23.3 Å². The molecule has 7 heteroatoms. The molecule has 144 valence electrons. The molecule has 0 radical (unpaired) electrons. The van der Waals surface area contributed by atoms with Gasteiger partial charge in [-0.2, -0.15) is 0 Å². The topological polar surface area (TPSA) is 62.6 Å². The molecule has 0 saturated carbocycles. The van der Waals surface area contributed by atoms with Crippen molar-refractivity contribution in [3.05, 3.63) is 89.4 Å². The molecule has 3 aromatic rings. The molecule has 0 spiro atoms. The van der Waals surface area contributed by atoms with Crippen LogP contribution in [0.5, 0.6) is 0 Å². The molecule has 1 heterocycles. The van der Waals surface area contributed by atoms with E-state index in [4.69, 9.17) is 4.42 Å². The third-order valence-corrected chi connectivity index (χ3v) is 4.17. The lowest BCUT2D eigenvalue weighted by atomic mass is 10.1. The number of hydrogen-bond donors (Lipinski definition) is 1. The summed E-state index contributed by atoms with van der Waals surface area (Å²) in [6.07, 6.45) is 1.67. The Hall–Kier alpha value is -3.48. The molecule has 0 fully saturated rings. The maximum atomic E-state index is 13.2. The molecule has 0 bridgehead atoms. The summed E-state index contributed by atoms with van der Waals surface area (Å²) in [5.41, 5.74) is 1.16. The van der Waals surface area contributed by atoms with Crippen molar-refractivity contribution >= 4 is 17.5 Å². The van der Waals surface area contributed by atoms with E-state index in [0.717, 1.165) is 6.07 Å². The van der Waals surface area contributed by atoms with Crippen LogP contribution in [0.15, 0.2) is 65.3 Å². The summed E-state index contributed by atoms with van der Waals surface area (Å²) < 4.78 is 31.6. The molecule has 1 aromatic heterocycles. The van der Waals surface area contributed by atoms with E-state index in [1.807, 2.05) is 0 Å². The van der Waals surface area contributed by atoms with E-state index in [9.17, 15) is 18.4 Å². The van der Waals surface area contributed by atoms with Crippen LogP contribution in [-0.4, -0.2) is 25.4 Å². The Morgan fingerprint density at radius 2 is 1.75 bits per heavy atom. The maximum absolute atomic E-state index is 13.2. The highest BCUT2D eigenvalue weighted by molar-refractivity contribution is 6.09. The Balaban J connectivity index is 1.69. The van der Waals surface area contributed by atoms with Gasteiger partial charge in [0.2, 0.25) is 0 Å². The van der Waals surface area contributed by atoms with E-state index in [-0.39, 0.29) is 24.6 Å². The number of furan rings is 1. The zero-order valence-corrected chi connectivity index (χ0v) is 15.1. The largest absolute Gasteiger partial charge is 0.459 e. The van der Waals surface area contributed by atoms with E-state index >= 15 is 0 Å². The summed E-state index contributed by atoms with van der Waals surface area (Å²) in [7, 11) is 1.55. The lowest BCUT2D eigenvalue weighted by Gasteiger charge is -2.19. The van der Waals surface area contributed by atoms with Crippen LogP contribution in [0.2, 0.25) is 0 Å². The number of nitrogens with one attached hydrogen (secondary N) is 1. The zero-order valence-electron chi connectivity index (χ0n) is 15.1. The molecule has 0 aliphatic rings. The standard InChI is InChI=1S/C21H18F2N2O3/c1-25(21(27)19-7-4-10-28-19)18-6-3-2-5-17(18)20(26)24-9-8-14-11-15(22)13-16(23)12-14/h2-7,10-13H,8-9H2,1H3,(H,24,26). The fourth-order valence-electron chi connectivity index (χ4n) is 2.80. The lowest BCUT2D eigenvalue weighted by molar-refractivity contribution is 0.0954. The second kappa shape index (κ2) is 8.47. The molecule has 28 heavy (non-hydrogen) atoms. The average Bonchev–Trinajstić information content (AvgIpc) is 3.21. The van der Waals surface area contributed by atoms with Gasteiger partial charge in [-0.25, -0.2) is 8.78 Å². The number of anilines is 1. The second-order valence-electron chi connectivity index (χ2n) is 6.14. The molecule has 1 N–H and O–H groups in total. The number of carbonyl (C=O) groups is 2. The van der Waals surface area contributed by atoms with Gasteiger partial charge in [0.25, 0.3) is 11.8 Å². The Morgan fingerprint density at radius 1 is 1.04 bits per heavy atom. The number of para-hydroxylation sites is 1. The Morgan fingerprint density at radius 3 is 2.43 bits per heavy atom. The van der Waals surface area contributed by atoms with E-state index in [2.05, 4.69) is 5.32 Å². The van der Waals surface area contributed by atoms with E-state index < -0.39 is 17.5 Å². The van der Waals surface area contributed by atoms with Gasteiger partial charge >= 0.3 is 0 Å². The summed E-state index contributed by atoms with van der Waals surface area (Å²) >= 11 is 0. The maximum Gasteiger partial charge on any atom is 0.293 e.